The largest absolute Gasteiger partial charge is 0.485 e. The van der Waals surface area contributed by atoms with Gasteiger partial charge in [0.25, 0.3) is 0 Å². The number of hydrogen-bond acceptors (Lipinski definition) is 5. The highest BCUT2D eigenvalue weighted by molar-refractivity contribution is 6.34. The Hall–Kier alpha value is -2.53. The Morgan fingerprint density at radius 1 is 1.23 bits per heavy atom. The average Bonchev–Trinajstić information content (AvgIpc) is 2.57. The molecular formula is C16H13ClN2O3. The molecule has 5 nitrogen and oxygen atoms in total. The van der Waals surface area contributed by atoms with Gasteiger partial charge in [-0.25, -0.2) is 0 Å². The second-order valence-corrected chi connectivity index (χ2v) is 5.06. The van der Waals surface area contributed by atoms with Crippen LogP contribution in [0.4, 0.5) is 5.69 Å². The van der Waals surface area contributed by atoms with Crippen LogP contribution in [0.15, 0.2) is 36.7 Å². The van der Waals surface area contributed by atoms with E-state index in [1.165, 1.54) is 12.1 Å². The fraction of sp³-hybridized carbons (Fsp3) is 0.125. The normalized spacial score (nSPS) is 13.3. The number of carbonyl (C=O) groups is 1. The van der Waals surface area contributed by atoms with Crippen molar-refractivity contribution >= 4 is 29.1 Å². The minimum absolute atomic E-state index is 0.236. The molecule has 0 radical (unpaired) electrons. The van der Waals surface area contributed by atoms with Crippen LogP contribution in [0.1, 0.15) is 15.9 Å². The molecule has 0 fully saturated rings. The second kappa shape index (κ2) is 6.07. The molecule has 0 saturated carbocycles. The first-order chi connectivity index (χ1) is 10.7. The molecule has 0 bridgehead atoms. The van der Waals surface area contributed by atoms with E-state index in [9.17, 15) is 4.79 Å². The first kappa shape index (κ1) is 14.4. The number of benzene rings is 1. The summed E-state index contributed by atoms with van der Waals surface area (Å²) < 4.78 is 11.0. The zero-order chi connectivity index (χ0) is 15.5. The number of halogens is 1. The van der Waals surface area contributed by atoms with E-state index in [0.717, 1.165) is 5.56 Å². The number of nitrogens with two attached hydrogens (primary N) is 1. The predicted molar refractivity (Wildman–Crippen MR) is 84.5 cm³/mol. The van der Waals surface area contributed by atoms with Crippen molar-refractivity contribution in [2.45, 2.75) is 0 Å². The number of nitrogen functional groups attached to an aromatic ring is 1. The molecule has 0 atom stereocenters. The summed E-state index contributed by atoms with van der Waals surface area (Å²) in [5.41, 5.74) is 7.35. The summed E-state index contributed by atoms with van der Waals surface area (Å²) in [6.07, 6.45) is 6.46. The van der Waals surface area contributed by atoms with Gasteiger partial charge in [-0.1, -0.05) is 17.7 Å². The lowest BCUT2D eigenvalue weighted by Gasteiger charge is -2.22. The molecule has 1 aliphatic rings. The maximum atomic E-state index is 12.4. The lowest BCUT2D eigenvalue weighted by molar-refractivity contribution is 0.103. The Labute approximate surface area is 132 Å². The Bertz CT molecular complexity index is 745. The summed E-state index contributed by atoms with van der Waals surface area (Å²) in [7, 11) is 0. The van der Waals surface area contributed by atoms with Gasteiger partial charge in [-0.3, -0.25) is 9.78 Å². The third-order valence-electron chi connectivity index (χ3n) is 3.20. The van der Waals surface area contributed by atoms with Gasteiger partial charge in [-0.15, -0.1) is 0 Å². The van der Waals surface area contributed by atoms with Gasteiger partial charge in [0.15, 0.2) is 17.3 Å². The molecule has 0 aliphatic carbocycles. The van der Waals surface area contributed by atoms with E-state index in [1.807, 2.05) is 0 Å². The summed E-state index contributed by atoms with van der Waals surface area (Å²) in [5, 5.41) is 0.268. The molecule has 1 aromatic heterocycles. The van der Waals surface area contributed by atoms with Crippen LogP contribution in [-0.4, -0.2) is 24.0 Å². The quantitative estimate of drug-likeness (QED) is 0.535. The van der Waals surface area contributed by atoms with Crippen LogP contribution in [-0.2, 0) is 0 Å². The molecule has 2 N–H and O–H groups in total. The number of hydrogen-bond donors (Lipinski definition) is 1. The fourth-order valence-electron chi connectivity index (χ4n) is 2.12. The monoisotopic (exact) mass is 316 g/mol. The second-order valence-electron chi connectivity index (χ2n) is 4.65. The standard InChI is InChI=1S/C16H13ClN2O3/c17-12-9-11(15-16(14(12)18)22-8-7-21-15)13(20)2-1-10-3-5-19-6-4-10/h1-6,9H,7-8,18H2. The average molecular weight is 317 g/mol. The molecule has 1 aliphatic heterocycles. The van der Waals surface area contributed by atoms with Gasteiger partial charge >= 0.3 is 0 Å². The number of pyridine rings is 1. The molecule has 112 valence electrons. The van der Waals surface area contributed by atoms with E-state index >= 15 is 0 Å². The van der Waals surface area contributed by atoms with E-state index in [-0.39, 0.29) is 16.5 Å². The van der Waals surface area contributed by atoms with Crippen LogP contribution in [0.2, 0.25) is 5.02 Å². The molecule has 0 unspecified atom stereocenters. The fourth-order valence-corrected chi connectivity index (χ4v) is 2.31. The van der Waals surface area contributed by atoms with Crippen molar-refractivity contribution < 1.29 is 14.3 Å². The number of aromatic nitrogens is 1. The third kappa shape index (κ3) is 2.76. The van der Waals surface area contributed by atoms with Crippen molar-refractivity contribution in [3.8, 4) is 11.5 Å². The van der Waals surface area contributed by atoms with Crippen molar-refractivity contribution in [3.63, 3.8) is 0 Å². The molecule has 0 amide bonds. The maximum absolute atomic E-state index is 12.4. The number of ether oxygens (including phenoxy) is 2. The molecule has 2 heterocycles. The van der Waals surface area contributed by atoms with E-state index < -0.39 is 0 Å². The summed E-state index contributed by atoms with van der Waals surface area (Å²) in [4.78, 5) is 16.3. The van der Waals surface area contributed by atoms with Crippen molar-refractivity contribution in [1.29, 1.82) is 0 Å². The number of ketones is 1. The van der Waals surface area contributed by atoms with E-state index in [1.54, 1.807) is 30.6 Å². The Morgan fingerprint density at radius 2 is 1.91 bits per heavy atom. The molecule has 0 spiro atoms. The molecule has 2 aromatic rings. The summed E-state index contributed by atoms with van der Waals surface area (Å²) in [6.45, 7) is 0.737. The third-order valence-corrected chi connectivity index (χ3v) is 3.51. The Morgan fingerprint density at radius 3 is 2.64 bits per heavy atom. The van der Waals surface area contributed by atoms with Crippen LogP contribution in [0.25, 0.3) is 6.08 Å². The molecular weight excluding hydrogens is 304 g/mol. The van der Waals surface area contributed by atoms with Crippen molar-refractivity contribution in [2.75, 3.05) is 18.9 Å². The predicted octanol–water partition coefficient (Wildman–Crippen LogP) is 2.98. The zero-order valence-corrected chi connectivity index (χ0v) is 12.3. The smallest absolute Gasteiger partial charge is 0.189 e. The summed E-state index contributed by atoms with van der Waals surface area (Å²) >= 11 is 6.07. The van der Waals surface area contributed by atoms with Crippen LogP contribution in [0.5, 0.6) is 11.5 Å². The van der Waals surface area contributed by atoms with Crippen LogP contribution in [0.3, 0.4) is 0 Å². The minimum atomic E-state index is -0.236. The topological polar surface area (TPSA) is 74.4 Å². The molecule has 6 heteroatoms. The first-order valence-electron chi connectivity index (χ1n) is 6.67. The number of anilines is 1. The van der Waals surface area contributed by atoms with Gasteiger partial charge < -0.3 is 15.2 Å². The molecule has 0 saturated heterocycles. The first-order valence-corrected chi connectivity index (χ1v) is 7.04. The Balaban J connectivity index is 1.96. The van der Waals surface area contributed by atoms with Crippen LogP contribution in [0, 0.1) is 0 Å². The minimum Gasteiger partial charge on any atom is -0.485 e. The number of nitrogens with zero attached hydrogens (tertiary/aromatic N) is 1. The van der Waals surface area contributed by atoms with Gasteiger partial charge in [0.2, 0.25) is 0 Å². The summed E-state index contributed by atoms with van der Waals surface area (Å²) in [6, 6.07) is 5.10. The number of fused-ring (bicyclic) bond motifs is 1. The highest BCUT2D eigenvalue weighted by Crippen LogP contribution is 2.43. The van der Waals surface area contributed by atoms with Gasteiger partial charge in [0, 0.05) is 12.4 Å². The van der Waals surface area contributed by atoms with Crippen LogP contribution >= 0.6 is 11.6 Å². The van der Waals surface area contributed by atoms with Gasteiger partial charge in [-0.2, -0.15) is 0 Å². The van der Waals surface area contributed by atoms with Gasteiger partial charge in [0.1, 0.15) is 13.2 Å². The van der Waals surface area contributed by atoms with E-state index in [0.29, 0.717) is 30.3 Å². The zero-order valence-electron chi connectivity index (χ0n) is 11.6. The number of carbonyl (C=O) groups excluding carboxylic acids is 1. The summed E-state index contributed by atoms with van der Waals surface area (Å²) in [5.74, 6) is 0.442. The van der Waals surface area contributed by atoms with Crippen LogP contribution < -0.4 is 15.2 Å². The SMILES string of the molecule is Nc1c(Cl)cc(C(=O)C=Cc2ccncc2)c2c1OCCO2. The lowest BCUT2D eigenvalue weighted by atomic mass is 10.1. The van der Waals surface area contributed by atoms with Crippen molar-refractivity contribution in [2.24, 2.45) is 0 Å². The molecule has 3 rings (SSSR count). The van der Waals surface area contributed by atoms with E-state index in [2.05, 4.69) is 4.98 Å². The maximum Gasteiger partial charge on any atom is 0.189 e. The highest BCUT2D eigenvalue weighted by atomic mass is 35.5. The van der Waals surface area contributed by atoms with Gasteiger partial charge in [-0.05, 0) is 29.8 Å². The molecule has 1 aromatic carbocycles. The van der Waals surface area contributed by atoms with Crippen molar-refractivity contribution in [3.05, 3.63) is 52.8 Å². The highest BCUT2D eigenvalue weighted by Gasteiger charge is 2.24. The van der Waals surface area contributed by atoms with E-state index in [4.69, 9.17) is 26.8 Å². The van der Waals surface area contributed by atoms with Crippen molar-refractivity contribution in [1.82, 2.24) is 4.98 Å². The molecule has 22 heavy (non-hydrogen) atoms. The lowest BCUT2D eigenvalue weighted by Crippen LogP contribution is -2.19. The Kier molecular flexibility index (Phi) is 3.98. The van der Waals surface area contributed by atoms with Gasteiger partial charge in [0.05, 0.1) is 16.3 Å². The number of allylic oxidation sites excluding steroid dienone is 1. The number of rotatable bonds is 3.